The van der Waals surface area contributed by atoms with Gasteiger partial charge in [-0.2, -0.15) is 0 Å². The lowest BCUT2D eigenvalue weighted by molar-refractivity contribution is 0.101. The first-order valence-electron chi connectivity index (χ1n) is 9.32. The predicted molar refractivity (Wildman–Crippen MR) is 106 cm³/mol. The Morgan fingerprint density at radius 2 is 2.00 bits per heavy atom. The number of rotatable bonds is 3. The molecule has 2 heterocycles. The van der Waals surface area contributed by atoms with Crippen LogP contribution in [-0.2, 0) is 15.6 Å². The molecule has 3 N–H and O–H groups in total. The van der Waals surface area contributed by atoms with Crippen LogP contribution in [0.1, 0.15) is 35.3 Å². The van der Waals surface area contributed by atoms with E-state index in [4.69, 9.17) is 5.73 Å². The summed E-state index contributed by atoms with van der Waals surface area (Å²) < 4.78 is 68.5. The number of sulfonamides is 1. The molecule has 0 unspecified atom stereocenters. The molecule has 2 aliphatic rings. The van der Waals surface area contributed by atoms with Gasteiger partial charge in [0.1, 0.15) is 22.4 Å². The number of hydrogen-bond acceptors (Lipinski definition) is 6. The number of anilines is 1. The van der Waals surface area contributed by atoms with Crippen molar-refractivity contribution in [3.8, 4) is 0 Å². The van der Waals surface area contributed by atoms with Gasteiger partial charge in [-0.15, -0.1) is 0 Å². The number of amides is 1. The number of benzene rings is 1. The third kappa shape index (κ3) is 3.30. The number of halogens is 3. The van der Waals surface area contributed by atoms with Crippen molar-refractivity contribution in [2.75, 3.05) is 12.4 Å². The standard InChI is InChI=1S/C19H18F3N5O3S/c1-27-18(23)26-19(6-2-3-15(19)31(27,29)30)12-8-11(4-5-13(12)21)25-17(28)16-14(22)7-10(20)9-24-16/h4-5,7-9,15H,2-3,6H2,1H3,(H2,23,26)(H,25,28)/t15-,19-/m1/s1. The van der Waals surface area contributed by atoms with Gasteiger partial charge in [0.2, 0.25) is 16.0 Å². The summed E-state index contributed by atoms with van der Waals surface area (Å²) in [5.74, 6) is -4.05. The first kappa shape index (κ1) is 21.1. The minimum atomic E-state index is -3.87. The molecule has 164 valence electrons. The Morgan fingerprint density at radius 3 is 2.71 bits per heavy atom. The number of fused-ring (bicyclic) bond motifs is 1. The van der Waals surface area contributed by atoms with E-state index in [-0.39, 0.29) is 30.1 Å². The van der Waals surface area contributed by atoms with Crippen molar-refractivity contribution < 1.29 is 26.4 Å². The van der Waals surface area contributed by atoms with Crippen molar-refractivity contribution in [2.45, 2.75) is 30.1 Å². The van der Waals surface area contributed by atoms with Gasteiger partial charge in [0.05, 0.1) is 6.20 Å². The SMILES string of the molecule is CN1C(N)=N[C@@]2(c3cc(NC(=O)c4ncc(F)cc4F)ccc3F)CCC[C@H]2S1(=O)=O. The second-order valence-corrected chi connectivity index (χ2v) is 9.57. The van der Waals surface area contributed by atoms with Gasteiger partial charge in [-0.3, -0.25) is 4.79 Å². The van der Waals surface area contributed by atoms with Gasteiger partial charge in [-0.1, -0.05) is 0 Å². The summed E-state index contributed by atoms with van der Waals surface area (Å²) in [4.78, 5) is 20.2. The molecule has 1 amide bonds. The van der Waals surface area contributed by atoms with Crippen LogP contribution in [0.15, 0.2) is 35.5 Å². The Labute approximate surface area is 176 Å². The second-order valence-electron chi connectivity index (χ2n) is 7.42. The van der Waals surface area contributed by atoms with Crippen LogP contribution in [0.3, 0.4) is 0 Å². The highest BCUT2D eigenvalue weighted by Crippen LogP contribution is 2.49. The molecule has 1 aromatic carbocycles. The minimum absolute atomic E-state index is 0.0417. The summed E-state index contributed by atoms with van der Waals surface area (Å²) in [6.45, 7) is 0. The molecule has 1 saturated carbocycles. The van der Waals surface area contributed by atoms with Crippen LogP contribution in [0.5, 0.6) is 0 Å². The van der Waals surface area contributed by atoms with E-state index >= 15 is 0 Å². The highest BCUT2D eigenvalue weighted by atomic mass is 32.2. The van der Waals surface area contributed by atoms with Crippen LogP contribution in [0.25, 0.3) is 0 Å². The second kappa shape index (κ2) is 7.22. The maximum Gasteiger partial charge on any atom is 0.277 e. The summed E-state index contributed by atoms with van der Waals surface area (Å²) >= 11 is 0. The van der Waals surface area contributed by atoms with Crippen LogP contribution in [0, 0.1) is 17.5 Å². The Balaban J connectivity index is 1.76. The van der Waals surface area contributed by atoms with Gasteiger partial charge < -0.3 is 11.1 Å². The van der Waals surface area contributed by atoms with Crippen molar-refractivity contribution in [1.82, 2.24) is 9.29 Å². The number of hydrogen-bond donors (Lipinski definition) is 2. The van der Waals surface area contributed by atoms with E-state index in [1.807, 2.05) is 0 Å². The monoisotopic (exact) mass is 453 g/mol. The molecule has 2 aromatic rings. The fourth-order valence-corrected chi connectivity index (χ4v) is 6.09. The number of guanidine groups is 1. The minimum Gasteiger partial charge on any atom is -0.369 e. The number of nitrogens with zero attached hydrogens (tertiary/aromatic N) is 3. The van der Waals surface area contributed by atoms with Crippen LogP contribution >= 0.6 is 0 Å². The van der Waals surface area contributed by atoms with E-state index < -0.39 is 49.9 Å². The lowest BCUT2D eigenvalue weighted by Gasteiger charge is -2.39. The van der Waals surface area contributed by atoms with Gasteiger partial charge >= 0.3 is 0 Å². The lowest BCUT2D eigenvalue weighted by atomic mass is 9.87. The van der Waals surface area contributed by atoms with E-state index in [1.165, 1.54) is 19.2 Å². The summed E-state index contributed by atoms with van der Waals surface area (Å²) in [7, 11) is -2.59. The normalized spacial score (nSPS) is 24.5. The van der Waals surface area contributed by atoms with Gasteiger partial charge in [-0.25, -0.2) is 35.9 Å². The Hall–Kier alpha value is -3.15. The molecule has 0 saturated heterocycles. The number of aliphatic imine (C=N–C) groups is 1. The van der Waals surface area contributed by atoms with E-state index in [0.717, 1.165) is 10.4 Å². The average Bonchev–Trinajstić information content (AvgIpc) is 3.13. The van der Waals surface area contributed by atoms with Crippen LogP contribution in [0.4, 0.5) is 18.9 Å². The Kier molecular flexibility index (Phi) is 4.91. The number of carbonyl (C=O) groups is 1. The third-order valence-electron chi connectivity index (χ3n) is 5.65. The van der Waals surface area contributed by atoms with Crippen molar-refractivity contribution in [1.29, 1.82) is 0 Å². The predicted octanol–water partition coefficient (Wildman–Crippen LogP) is 2.09. The highest BCUT2D eigenvalue weighted by Gasteiger charge is 2.56. The van der Waals surface area contributed by atoms with Crippen LogP contribution in [0.2, 0.25) is 0 Å². The molecule has 1 aliphatic heterocycles. The zero-order chi connectivity index (χ0) is 22.6. The van der Waals surface area contributed by atoms with Crippen LogP contribution < -0.4 is 11.1 Å². The van der Waals surface area contributed by atoms with Crippen molar-refractivity contribution in [2.24, 2.45) is 10.7 Å². The molecule has 1 aromatic heterocycles. The van der Waals surface area contributed by atoms with Crippen LogP contribution in [-0.4, -0.2) is 41.9 Å². The van der Waals surface area contributed by atoms with E-state index in [2.05, 4.69) is 15.3 Å². The fraction of sp³-hybridized carbons (Fsp3) is 0.316. The number of nitrogens with two attached hydrogens (primary N) is 1. The maximum atomic E-state index is 14.9. The topological polar surface area (TPSA) is 118 Å². The smallest absolute Gasteiger partial charge is 0.277 e. The molecule has 0 bridgehead atoms. The summed E-state index contributed by atoms with van der Waals surface area (Å²) in [6.07, 6.45) is 1.68. The van der Waals surface area contributed by atoms with E-state index in [1.54, 1.807) is 0 Å². The molecule has 12 heteroatoms. The molecule has 0 radical (unpaired) electrons. The molecule has 8 nitrogen and oxygen atoms in total. The van der Waals surface area contributed by atoms with E-state index in [0.29, 0.717) is 18.7 Å². The van der Waals surface area contributed by atoms with Gasteiger partial charge in [0, 0.05) is 24.4 Å². The molecule has 4 rings (SSSR count). The number of aromatic nitrogens is 1. The number of pyridine rings is 1. The molecule has 0 spiro atoms. The average molecular weight is 453 g/mol. The Bertz CT molecular complexity index is 1220. The summed E-state index contributed by atoms with van der Waals surface area (Å²) in [5, 5.41) is 1.35. The molecular formula is C19H18F3N5O3S. The van der Waals surface area contributed by atoms with Gasteiger partial charge in [0.15, 0.2) is 11.5 Å². The van der Waals surface area contributed by atoms with Crippen molar-refractivity contribution in [3.05, 3.63) is 59.2 Å². The Morgan fingerprint density at radius 1 is 1.26 bits per heavy atom. The summed E-state index contributed by atoms with van der Waals surface area (Å²) in [5.41, 5.74) is 3.77. The number of nitrogens with one attached hydrogen (secondary N) is 1. The first-order chi connectivity index (χ1) is 14.6. The zero-order valence-corrected chi connectivity index (χ0v) is 17.1. The number of carbonyl (C=O) groups excluding carboxylic acids is 1. The molecule has 1 aliphatic carbocycles. The highest BCUT2D eigenvalue weighted by molar-refractivity contribution is 7.90. The maximum absolute atomic E-state index is 14.9. The quantitative estimate of drug-likeness (QED) is 0.738. The molecular weight excluding hydrogens is 435 g/mol. The van der Waals surface area contributed by atoms with E-state index in [9.17, 15) is 26.4 Å². The van der Waals surface area contributed by atoms with Gasteiger partial charge in [0.25, 0.3) is 5.91 Å². The first-order valence-corrected chi connectivity index (χ1v) is 10.8. The molecule has 31 heavy (non-hydrogen) atoms. The third-order valence-corrected chi connectivity index (χ3v) is 7.94. The molecule has 2 atom stereocenters. The lowest BCUT2D eigenvalue weighted by Crippen LogP contribution is -2.55. The fourth-order valence-electron chi connectivity index (χ4n) is 4.15. The molecule has 1 fully saturated rings. The largest absolute Gasteiger partial charge is 0.369 e. The zero-order valence-electron chi connectivity index (χ0n) is 16.3. The van der Waals surface area contributed by atoms with Crippen molar-refractivity contribution >= 4 is 27.6 Å². The summed E-state index contributed by atoms with van der Waals surface area (Å²) in [6, 6.07) is 4.06. The van der Waals surface area contributed by atoms with Crippen molar-refractivity contribution in [3.63, 3.8) is 0 Å². The van der Waals surface area contributed by atoms with Gasteiger partial charge in [-0.05, 0) is 37.5 Å².